The summed E-state index contributed by atoms with van der Waals surface area (Å²) in [4.78, 5) is 14.6. The number of sulfone groups is 1. The molecule has 2 heterocycles. The maximum Gasteiger partial charge on any atom is 0.282 e. The van der Waals surface area contributed by atoms with Crippen LogP contribution in [0.25, 0.3) is 0 Å². The zero-order valence-corrected chi connectivity index (χ0v) is 18.7. The minimum atomic E-state index is -3.62. The van der Waals surface area contributed by atoms with Gasteiger partial charge in [-0.1, -0.05) is 13.8 Å². The Bertz CT molecular complexity index is 733. The highest BCUT2D eigenvalue weighted by Gasteiger charge is 2.51. The Kier molecular flexibility index (Phi) is 7.88. The third kappa shape index (κ3) is 4.69. The monoisotopic (exact) mass is 439 g/mol. The third-order valence-corrected chi connectivity index (χ3v) is 9.56. The van der Waals surface area contributed by atoms with E-state index in [1.54, 1.807) is 0 Å². The molecular weight excluding hydrogens is 406 g/mol. The van der Waals surface area contributed by atoms with Crippen LogP contribution in [0.3, 0.4) is 0 Å². The van der Waals surface area contributed by atoms with Gasteiger partial charge in [-0.05, 0) is 25.7 Å². The lowest BCUT2D eigenvalue weighted by Gasteiger charge is -2.42. The van der Waals surface area contributed by atoms with Crippen LogP contribution < -0.4 is 0 Å². The molecule has 2 rings (SSSR count). The number of rotatable bonds is 8. The standard InChI is InChI=1S/C17H33N3O6S2/c1-4-8-19(9-5-2)28(24,25)20-12-10-18(11-13-20)16(21)17(27(3,22)23)6-14-26-15-7-17/h4-15H2,1-3H3. The van der Waals surface area contributed by atoms with Crippen LogP contribution in [0, 0.1) is 0 Å². The van der Waals surface area contributed by atoms with E-state index in [-0.39, 0.29) is 52.2 Å². The number of nitrogens with zero attached hydrogens (tertiary/aromatic N) is 3. The summed E-state index contributed by atoms with van der Waals surface area (Å²) in [5.74, 6) is -0.422. The fraction of sp³-hybridized carbons (Fsp3) is 0.941. The topological polar surface area (TPSA) is 104 Å². The highest BCUT2D eigenvalue weighted by molar-refractivity contribution is 7.92. The number of carbonyl (C=O) groups is 1. The molecule has 0 spiro atoms. The molecule has 2 aliphatic rings. The Labute approximate surface area is 169 Å². The summed E-state index contributed by atoms with van der Waals surface area (Å²) in [5, 5.41) is 0. The smallest absolute Gasteiger partial charge is 0.282 e. The van der Waals surface area contributed by atoms with Crippen molar-refractivity contribution in [3.8, 4) is 0 Å². The fourth-order valence-electron chi connectivity index (χ4n) is 3.86. The highest BCUT2D eigenvalue weighted by Crippen LogP contribution is 2.32. The largest absolute Gasteiger partial charge is 0.381 e. The molecule has 0 aromatic rings. The van der Waals surface area contributed by atoms with E-state index in [1.807, 2.05) is 13.8 Å². The van der Waals surface area contributed by atoms with Crippen molar-refractivity contribution in [2.24, 2.45) is 0 Å². The maximum atomic E-state index is 13.1. The van der Waals surface area contributed by atoms with E-state index in [0.717, 1.165) is 19.1 Å². The van der Waals surface area contributed by atoms with Crippen LogP contribution in [0.2, 0.25) is 0 Å². The van der Waals surface area contributed by atoms with Crippen molar-refractivity contribution < 1.29 is 26.4 Å². The van der Waals surface area contributed by atoms with Gasteiger partial charge < -0.3 is 9.64 Å². The Morgan fingerprint density at radius 2 is 1.46 bits per heavy atom. The van der Waals surface area contributed by atoms with E-state index in [2.05, 4.69) is 0 Å². The fourth-order valence-corrected chi connectivity index (χ4v) is 6.99. The molecule has 0 aliphatic carbocycles. The molecule has 0 atom stereocenters. The first-order valence-corrected chi connectivity index (χ1v) is 13.2. The van der Waals surface area contributed by atoms with E-state index in [9.17, 15) is 21.6 Å². The first kappa shape index (κ1) is 23.5. The SMILES string of the molecule is CCCN(CCC)S(=O)(=O)N1CCN(C(=O)C2(S(C)(=O)=O)CCOCC2)CC1. The molecule has 0 radical (unpaired) electrons. The van der Waals surface area contributed by atoms with Gasteiger partial charge in [0.1, 0.15) is 0 Å². The Hall–Kier alpha value is -0.750. The molecule has 0 bridgehead atoms. The molecule has 0 aromatic heterocycles. The molecule has 164 valence electrons. The zero-order chi connectivity index (χ0) is 21.0. The Balaban J connectivity index is 2.11. The molecule has 28 heavy (non-hydrogen) atoms. The molecule has 9 nitrogen and oxygen atoms in total. The van der Waals surface area contributed by atoms with Crippen LogP contribution in [-0.4, -0.2) is 99.7 Å². The van der Waals surface area contributed by atoms with Crippen molar-refractivity contribution >= 4 is 26.0 Å². The normalized spacial score (nSPS) is 21.8. The summed E-state index contributed by atoms with van der Waals surface area (Å²) >= 11 is 0. The lowest BCUT2D eigenvalue weighted by atomic mass is 9.97. The predicted molar refractivity (Wildman–Crippen MR) is 107 cm³/mol. The quantitative estimate of drug-likeness (QED) is 0.531. The lowest BCUT2D eigenvalue weighted by molar-refractivity contribution is -0.137. The van der Waals surface area contributed by atoms with E-state index in [1.165, 1.54) is 13.5 Å². The molecule has 2 aliphatic heterocycles. The van der Waals surface area contributed by atoms with E-state index < -0.39 is 30.7 Å². The second kappa shape index (κ2) is 9.38. The molecular formula is C17H33N3O6S2. The zero-order valence-electron chi connectivity index (χ0n) is 17.1. The summed E-state index contributed by atoms with van der Waals surface area (Å²) in [6.07, 6.45) is 2.85. The van der Waals surface area contributed by atoms with Crippen LogP contribution in [0.15, 0.2) is 0 Å². The molecule has 2 fully saturated rings. The Morgan fingerprint density at radius 3 is 1.89 bits per heavy atom. The summed E-state index contributed by atoms with van der Waals surface area (Å²) in [5.41, 5.74) is 0. The van der Waals surface area contributed by atoms with Crippen LogP contribution >= 0.6 is 0 Å². The average molecular weight is 440 g/mol. The number of carbonyl (C=O) groups excluding carboxylic acids is 1. The van der Waals surface area contributed by atoms with Crippen molar-refractivity contribution in [3.05, 3.63) is 0 Å². The molecule has 2 saturated heterocycles. The first-order valence-electron chi connectivity index (χ1n) is 9.92. The predicted octanol–water partition coefficient (Wildman–Crippen LogP) is 0.0912. The van der Waals surface area contributed by atoms with Gasteiger partial charge >= 0.3 is 0 Å². The minimum absolute atomic E-state index is 0.143. The van der Waals surface area contributed by atoms with Gasteiger partial charge in [0, 0.05) is 58.7 Å². The van der Waals surface area contributed by atoms with E-state index in [4.69, 9.17) is 4.74 Å². The summed E-state index contributed by atoms with van der Waals surface area (Å²) < 4.78 is 57.4. The molecule has 11 heteroatoms. The molecule has 0 unspecified atom stereocenters. The van der Waals surface area contributed by atoms with Gasteiger partial charge in [0.05, 0.1) is 0 Å². The second-order valence-corrected chi connectivity index (χ2v) is 11.7. The number of amides is 1. The third-order valence-electron chi connectivity index (χ3n) is 5.52. The number of ether oxygens (including phenoxy) is 1. The van der Waals surface area contributed by atoms with Crippen molar-refractivity contribution in [1.82, 2.24) is 13.5 Å². The van der Waals surface area contributed by atoms with Gasteiger partial charge in [-0.25, -0.2) is 8.42 Å². The van der Waals surface area contributed by atoms with Crippen LogP contribution in [-0.2, 0) is 29.6 Å². The van der Waals surface area contributed by atoms with Crippen LogP contribution in [0.1, 0.15) is 39.5 Å². The van der Waals surface area contributed by atoms with Gasteiger partial charge in [-0.15, -0.1) is 0 Å². The van der Waals surface area contributed by atoms with Crippen LogP contribution in [0.5, 0.6) is 0 Å². The summed E-state index contributed by atoms with van der Waals surface area (Å²) in [6.45, 7) is 6.01. The highest BCUT2D eigenvalue weighted by atomic mass is 32.2. The average Bonchev–Trinajstić information content (AvgIpc) is 2.67. The second-order valence-electron chi connectivity index (χ2n) is 7.48. The van der Waals surface area contributed by atoms with Crippen molar-refractivity contribution in [3.63, 3.8) is 0 Å². The molecule has 0 N–H and O–H groups in total. The van der Waals surface area contributed by atoms with Gasteiger partial charge in [-0.2, -0.15) is 17.0 Å². The molecule has 1 amide bonds. The lowest BCUT2D eigenvalue weighted by Crippen LogP contribution is -2.61. The summed E-state index contributed by atoms with van der Waals surface area (Å²) in [7, 11) is -7.19. The van der Waals surface area contributed by atoms with Gasteiger partial charge in [0.2, 0.25) is 5.91 Å². The van der Waals surface area contributed by atoms with Gasteiger partial charge in [0.15, 0.2) is 14.6 Å². The van der Waals surface area contributed by atoms with Crippen molar-refractivity contribution in [2.75, 3.05) is 58.7 Å². The van der Waals surface area contributed by atoms with Crippen LogP contribution in [0.4, 0.5) is 0 Å². The molecule has 0 saturated carbocycles. The van der Waals surface area contributed by atoms with E-state index in [0.29, 0.717) is 13.1 Å². The maximum absolute atomic E-state index is 13.1. The minimum Gasteiger partial charge on any atom is -0.381 e. The van der Waals surface area contributed by atoms with Crippen molar-refractivity contribution in [2.45, 2.75) is 44.3 Å². The number of hydrogen-bond donors (Lipinski definition) is 0. The number of piperazine rings is 1. The first-order chi connectivity index (χ1) is 13.1. The molecule has 0 aromatic carbocycles. The van der Waals surface area contributed by atoms with Gasteiger partial charge in [0.25, 0.3) is 10.2 Å². The van der Waals surface area contributed by atoms with E-state index >= 15 is 0 Å². The Morgan fingerprint density at radius 1 is 0.964 bits per heavy atom. The number of hydrogen-bond acceptors (Lipinski definition) is 6. The summed E-state index contributed by atoms with van der Waals surface area (Å²) in [6, 6.07) is 0. The van der Waals surface area contributed by atoms with Crippen molar-refractivity contribution in [1.29, 1.82) is 0 Å². The van der Waals surface area contributed by atoms with Gasteiger partial charge in [-0.3, -0.25) is 4.79 Å².